The number of guanidine groups is 1. The second kappa shape index (κ2) is 8.54. The van der Waals surface area contributed by atoms with Crippen LogP contribution in [0.3, 0.4) is 0 Å². The fourth-order valence-corrected chi connectivity index (χ4v) is 3.40. The molecule has 1 aliphatic rings. The molecule has 0 saturated heterocycles. The number of hydrogen-bond donors (Lipinski definition) is 2. The Morgan fingerprint density at radius 3 is 2.77 bits per heavy atom. The fourth-order valence-electron chi connectivity index (χ4n) is 3.20. The van der Waals surface area contributed by atoms with Gasteiger partial charge in [-0.15, -0.1) is 10.2 Å². The molecule has 1 unspecified atom stereocenters. The van der Waals surface area contributed by atoms with Gasteiger partial charge in [-0.1, -0.05) is 36.6 Å². The summed E-state index contributed by atoms with van der Waals surface area (Å²) in [6, 6.07) is 8.50. The van der Waals surface area contributed by atoms with Gasteiger partial charge < -0.3 is 15.2 Å². The molecule has 26 heavy (non-hydrogen) atoms. The summed E-state index contributed by atoms with van der Waals surface area (Å²) in [5.74, 6) is 2.55. The number of halogens is 1. The lowest BCUT2D eigenvalue weighted by molar-refractivity contribution is 0.592. The summed E-state index contributed by atoms with van der Waals surface area (Å²) >= 11 is 6.13. The number of aromatic nitrogens is 3. The summed E-state index contributed by atoms with van der Waals surface area (Å²) < 4.78 is 1.97. The summed E-state index contributed by atoms with van der Waals surface area (Å²) in [4.78, 5) is 4.76. The van der Waals surface area contributed by atoms with Gasteiger partial charge in [-0.25, -0.2) is 4.99 Å². The van der Waals surface area contributed by atoms with Crippen molar-refractivity contribution in [2.24, 2.45) is 12.0 Å². The van der Waals surface area contributed by atoms with Crippen molar-refractivity contribution in [2.45, 2.75) is 58.2 Å². The first-order valence-electron chi connectivity index (χ1n) is 9.21. The minimum absolute atomic E-state index is 0.0996. The molecular weight excluding hydrogens is 348 g/mol. The van der Waals surface area contributed by atoms with E-state index in [4.69, 9.17) is 16.6 Å². The number of nitrogens with zero attached hydrogens (tertiary/aromatic N) is 4. The van der Waals surface area contributed by atoms with Crippen LogP contribution in [0.1, 0.15) is 55.9 Å². The molecule has 0 aliphatic heterocycles. The van der Waals surface area contributed by atoms with Crippen molar-refractivity contribution in [2.75, 3.05) is 0 Å². The molecular formula is C19H27ClN6. The molecule has 1 aliphatic carbocycles. The van der Waals surface area contributed by atoms with E-state index in [0.717, 1.165) is 28.2 Å². The molecule has 0 spiro atoms. The molecule has 1 aromatic heterocycles. The highest BCUT2D eigenvalue weighted by Gasteiger charge is 2.18. The molecule has 2 aromatic rings. The van der Waals surface area contributed by atoms with Gasteiger partial charge in [0.05, 0.1) is 6.04 Å². The molecule has 2 N–H and O–H groups in total. The van der Waals surface area contributed by atoms with Crippen molar-refractivity contribution in [1.29, 1.82) is 0 Å². The average molecular weight is 375 g/mol. The predicted molar refractivity (Wildman–Crippen MR) is 105 cm³/mol. The fraction of sp³-hybridized carbons (Fsp3) is 0.526. The Bertz CT molecular complexity index is 763. The highest BCUT2D eigenvalue weighted by atomic mass is 35.5. The van der Waals surface area contributed by atoms with Crippen molar-refractivity contribution in [3.05, 3.63) is 46.5 Å². The maximum absolute atomic E-state index is 6.13. The van der Waals surface area contributed by atoms with E-state index < -0.39 is 0 Å². The maximum atomic E-state index is 6.13. The van der Waals surface area contributed by atoms with Crippen LogP contribution in [-0.2, 0) is 13.6 Å². The van der Waals surface area contributed by atoms with Crippen molar-refractivity contribution in [1.82, 2.24) is 25.4 Å². The van der Waals surface area contributed by atoms with Crippen LogP contribution in [0.25, 0.3) is 0 Å². The first kappa shape index (κ1) is 18.7. The molecule has 1 saturated carbocycles. The topological polar surface area (TPSA) is 67.1 Å². The predicted octanol–water partition coefficient (Wildman–Crippen LogP) is 3.52. The summed E-state index contributed by atoms with van der Waals surface area (Å²) in [6.45, 7) is 4.54. The lowest BCUT2D eigenvalue weighted by atomic mass is 10.1. The molecule has 140 valence electrons. The summed E-state index contributed by atoms with van der Waals surface area (Å²) in [6.07, 6.45) is 4.93. The Morgan fingerprint density at radius 2 is 2.12 bits per heavy atom. The van der Waals surface area contributed by atoms with E-state index in [0.29, 0.717) is 12.6 Å². The highest BCUT2D eigenvalue weighted by Crippen LogP contribution is 2.19. The zero-order valence-corrected chi connectivity index (χ0v) is 16.4. The van der Waals surface area contributed by atoms with Gasteiger partial charge >= 0.3 is 0 Å². The van der Waals surface area contributed by atoms with Crippen molar-refractivity contribution < 1.29 is 0 Å². The first-order valence-corrected chi connectivity index (χ1v) is 9.58. The molecule has 0 amide bonds. The standard InChI is InChI=1S/C19H27ClN6/c1-13(15-7-6-8-16(20)11-15)22-19(23-17-9-4-5-10-17)21-12-18-25-24-14(2)26(18)3/h6-8,11,13,17H,4-5,9-10,12H2,1-3H3,(H2,21,22,23). The van der Waals surface area contributed by atoms with Crippen molar-refractivity contribution in [3.8, 4) is 0 Å². The molecule has 1 atom stereocenters. The minimum Gasteiger partial charge on any atom is -0.354 e. The Kier molecular flexibility index (Phi) is 6.14. The molecule has 7 heteroatoms. The SMILES string of the molecule is Cc1nnc(CN=C(NC2CCCC2)NC(C)c2cccc(Cl)c2)n1C. The van der Waals surface area contributed by atoms with Crippen LogP contribution in [0.4, 0.5) is 0 Å². The van der Waals surface area contributed by atoms with Crippen LogP contribution in [0.15, 0.2) is 29.3 Å². The molecule has 1 fully saturated rings. The van der Waals surface area contributed by atoms with E-state index in [1.807, 2.05) is 36.7 Å². The molecule has 1 aromatic carbocycles. The maximum Gasteiger partial charge on any atom is 0.192 e. The van der Waals surface area contributed by atoms with Gasteiger partial charge in [0.1, 0.15) is 12.4 Å². The number of aryl methyl sites for hydroxylation is 1. The zero-order chi connectivity index (χ0) is 18.5. The van der Waals surface area contributed by atoms with Gasteiger partial charge in [0.2, 0.25) is 0 Å². The Balaban J connectivity index is 1.73. The smallest absolute Gasteiger partial charge is 0.192 e. The second-order valence-corrected chi connectivity index (χ2v) is 7.37. The zero-order valence-electron chi connectivity index (χ0n) is 15.7. The summed E-state index contributed by atoms with van der Waals surface area (Å²) in [5, 5.41) is 16.1. The Labute approximate surface area is 160 Å². The number of hydrogen-bond acceptors (Lipinski definition) is 3. The number of rotatable bonds is 5. The van der Waals surface area contributed by atoms with E-state index in [-0.39, 0.29) is 6.04 Å². The lowest BCUT2D eigenvalue weighted by Gasteiger charge is -2.22. The quantitative estimate of drug-likeness (QED) is 0.620. The minimum atomic E-state index is 0.0996. The van der Waals surface area contributed by atoms with Crippen LogP contribution < -0.4 is 10.6 Å². The Hall–Kier alpha value is -2.08. The van der Waals surface area contributed by atoms with Crippen molar-refractivity contribution >= 4 is 17.6 Å². The van der Waals surface area contributed by atoms with Crippen LogP contribution in [-0.4, -0.2) is 26.8 Å². The van der Waals surface area contributed by atoms with E-state index in [1.54, 1.807) is 0 Å². The molecule has 1 heterocycles. The lowest BCUT2D eigenvalue weighted by Crippen LogP contribution is -2.43. The summed E-state index contributed by atoms with van der Waals surface area (Å²) in [5.41, 5.74) is 1.13. The number of benzene rings is 1. The van der Waals surface area contributed by atoms with E-state index in [9.17, 15) is 0 Å². The number of nitrogens with one attached hydrogen (secondary N) is 2. The van der Waals surface area contributed by atoms with E-state index in [1.165, 1.54) is 25.7 Å². The van der Waals surface area contributed by atoms with Crippen molar-refractivity contribution in [3.63, 3.8) is 0 Å². The van der Waals surface area contributed by atoms with Gasteiger partial charge in [-0.2, -0.15) is 0 Å². The number of aliphatic imine (C=N–C) groups is 1. The van der Waals surface area contributed by atoms with E-state index in [2.05, 4.69) is 33.8 Å². The summed E-state index contributed by atoms with van der Waals surface area (Å²) in [7, 11) is 1.96. The monoisotopic (exact) mass is 374 g/mol. The second-order valence-electron chi connectivity index (χ2n) is 6.93. The third-order valence-electron chi connectivity index (χ3n) is 4.96. The van der Waals surface area contributed by atoms with Gasteiger partial charge in [0.15, 0.2) is 11.8 Å². The highest BCUT2D eigenvalue weighted by molar-refractivity contribution is 6.30. The van der Waals surface area contributed by atoms with Crippen LogP contribution in [0.2, 0.25) is 5.02 Å². The normalized spacial score (nSPS) is 16.7. The van der Waals surface area contributed by atoms with Gasteiger partial charge in [-0.3, -0.25) is 0 Å². The van der Waals surface area contributed by atoms with Crippen LogP contribution in [0, 0.1) is 6.92 Å². The third kappa shape index (κ3) is 4.75. The molecule has 3 rings (SSSR count). The van der Waals surface area contributed by atoms with Crippen LogP contribution in [0.5, 0.6) is 0 Å². The van der Waals surface area contributed by atoms with Gasteiger partial charge in [-0.05, 0) is 44.4 Å². The molecule has 0 radical (unpaired) electrons. The molecule has 6 nitrogen and oxygen atoms in total. The van der Waals surface area contributed by atoms with E-state index >= 15 is 0 Å². The van der Waals surface area contributed by atoms with Crippen LogP contribution >= 0.6 is 11.6 Å². The first-order chi connectivity index (χ1) is 12.5. The molecule has 0 bridgehead atoms. The average Bonchev–Trinajstić information content (AvgIpc) is 3.24. The third-order valence-corrected chi connectivity index (χ3v) is 5.19. The largest absolute Gasteiger partial charge is 0.354 e. The van der Waals surface area contributed by atoms with Gasteiger partial charge in [0, 0.05) is 18.1 Å². The van der Waals surface area contributed by atoms with Gasteiger partial charge in [0.25, 0.3) is 0 Å². The Morgan fingerprint density at radius 1 is 1.35 bits per heavy atom.